The summed E-state index contributed by atoms with van der Waals surface area (Å²) in [6.07, 6.45) is 3.94. The molecule has 0 radical (unpaired) electrons. The molecule has 0 unspecified atom stereocenters. The Morgan fingerprint density at radius 3 is 2.53 bits per heavy atom. The summed E-state index contributed by atoms with van der Waals surface area (Å²) in [6, 6.07) is 0. The average molecular weight is 262 g/mol. The summed E-state index contributed by atoms with van der Waals surface area (Å²) in [5.74, 6) is 1.73. The molecule has 2 aromatic rings. The Hall–Kier alpha value is -1.85. The van der Waals surface area contributed by atoms with Crippen molar-refractivity contribution in [2.24, 2.45) is 0 Å². The van der Waals surface area contributed by atoms with Gasteiger partial charge < -0.3 is 13.8 Å². The Morgan fingerprint density at radius 2 is 1.89 bits per heavy atom. The summed E-state index contributed by atoms with van der Waals surface area (Å²) in [4.78, 5) is 10.9. The SMILES string of the molecule is CC(C)(C)c1nc(-c2nc(N3CCCC3)no2)co1. The predicted octanol–water partition coefficient (Wildman–Crippen LogP) is 2.62. The van der Waals surface area contributed by atoms with E-state index in [9.17, 15) is 0 Å². The fourth-order valence-electron chi connectivity index (χ4n) is 2.08. The van der Waals surface area contributed by atoms with E-state index >= 15 is 0 Å². The van der Waals surface area contributed by atoms with E-state index in [4.69, 9.17) is 8.94 Å². The largest absolute Gasteiger partial charge is 0.448 e. The second-order valence-electron chi connectivity index (χ2n) is 5.88. The maximum absolute atomic E-state index is 5.47. The van der Waals surface area contributed by atoms with E-state index in [-0.39, 0.29) is 5.41 Å². The Kier molecular flexibility index (Phi) is 2.80. The van der Waals surface area contributed by atoms with Crippen LogP contribution < -0.4 is 4.90 Å². The molecule has 19 heavy (non-hydrogen) atoms. The summed E-state index contributed by atoms with van der Waals surface area (Å²) < 4.78 is 10.7. The summed E-state index contributed by atoms with van der Waals surface area (Å²) in [5, 5.41) is 4.00. The molecular weight excluding hydrogens is 244 g/mol. The molecule has 0 saturated carbocycles. The van der Waals surface area contributed by atoms with Crippen molar-refractivity contribution in [1.29, 1.82) is 0 Å². The van der Waals surface area contributed by atoms with Gasteiger partial charge in [0.15, 0.2) is 11.6 Å². The molecule has 1 saturated heterocycles. The van der Waals surface area contributed by atoms with E-state index in [1.54, 1.807) is 6.26 Å². The Morgan fingerprint density at radius 1 is 1.16 bits per heavy atom. The van der Waals surface area contributed by atoms with Crippen LogP contribution in [0.3, 0.4) is 0 Å². The van der Waals surface area contributed by atoms with Crippen molar-refractivity contribution >= 4 is 5.95 Å². The molecule has 3 heterocycles. The quantitative estimate of drug-likeness (QED) is 0.828. The smallest absolute Gasteiger partial charge is 0.281 e. The van der Waals surface area contributed by atoms with Gasteiger partial charge in [0.25, 0.3) is 11.8 Å². The first-order valence-electron chi connectivity index (χ1n) is 6.59. The minimum atomic E-state index is -0.129. The standard InChI is InChI=1S/C13H18N4O2/c1-13(2,3)11-14-9(8-18-11)10-15-12(16-19-10)17-6-4-5-7-17/h8H,4-7H2,1-3H3. The first kappa shape index (κ1) is 12.2. The Labute approximate surface area is 111 Å². The van der Waals surface area contributed by atoms with Crippen molar-refractivity contribution in [3.05, 3.63) is 12.2 Å². The number of rotatable bonds is 2. The van der Waals surface area contributed by atoms with Crippen LogP contribution >= 0.6 is 0 Å². The predicted molar refractivity (Wildman–Crippen MR) is 69.9 cm³/mol. The topological polar surface area (TPSA) is 68.2 Å². The number of hydrogen-bond donors (Lipinski definition) is 0. The van der Waals surface area contributed by atoms with Crippen LogP contribution in [0.2, 0.25) is 0 Å². The van der Waals surface area contributed by atoms with Crippen LogP contribution in [0.15, 0.2) is 15.2 Å². The number of aromatic nitrogens is 3. The minimum absolute atomic E-state index is 0.129. The third kappa shape index (κ3) is 2.34. The lowest BCUT2D eigenvalue weighted by Crippen LogP contribution is -2.18. The normalized spacial score (nSPS) is 16.3. The molecule has 0 spiro atoms. The van der Waals surface area contributed by atoms with E-state index < -0.39 is 0 Å². The average Bonchev–Trinajstić information content (AvgIpc) is 3.10. The number of hydrogen-bond acceptors (Lipinski definition) is 6. The van der Waals surface area contributed by atoms with E-state index in [2.05, 4.69) is 20.0 Å². The highest BCUT2D eigenvalue weighted by Crippen LogP contribution is 2.26. The zero-order valence-corrected chi connectivity index (χ0v) is 11.5. The van der Waals surface area contributed by atoms with Crippen LogP contribution in [-0.4, -0.2) is 28.2 Å². The van der Waals surface area contributed by atoms with Crippen LogP contribution in [0.1, 0.15) is 39.5 Å². The maximum Gasteiger partial charge on any atom is 0.281 e. The van der Waals surface area contributed by atoms with Crippen LogP contribution in [-0.2, 0) is 5.41 Å². The van der Waals surface area contributed by atoms with Crippen LogP contribution in [0, 0.1) is 0 Å². The highest BCUT2D eigenvalue weighted by Gasteiger charge is 2.24. The van der Waals surface area contributed by atoms with Crippen molar-refractivity contribution < 1.29 is 8.94 Å². The monoisotopic (exact) mass is 262 g/mol. The van der Waals surface area contributed by atoms with E-state index in [0.29, 0.717) is 23.4 Å². The summed E-state index contributed by atoms with van der Waals surface area (Å²) >= 11 is 0. The molecule has 0 N–H and O–H groups in total. The Bertz CT molecular complexity index is 561. The molecule has 102 valence electrons. The van der Waals surface area contributed by atoms with Gasteiger partial charge in [0.05, 0.1) is 0 Å². The fourth-order valence-corrected chi connectivity index (χ4v) is 2.08. The summed E-state index contributed by atoms with van der Waals surface area (Å²) in [6.45, 7) is 8.13. The lowest BCUT2D eigenvalue weighted by molar-refractivity contribution is 0.392. The van der Waals surface area contributed by atoms with Gasteiger partial charge >= 0.3 is 0 Å². The molecule has 1 fully saturated rings. The summed E-state index contributed by atoms with van der Waals surface area (Å²) in [5.41, 5.74) is 0.471. The molecule has 6 heteroatoms. The molecule has 3 rings (SSSR count). The molecule has 0 bridgehead atoms. The van der Waals surface area contributed by atoms with Crippen LogP contribution in [0.4, 0.5) is 5.95 Å². The van der Waals surface area contributed by atoms with Gasteiger partial charge in [-0.2, -0.15) is 4.98 Å². The lowest BCUT2D eigenvalue weighted by Gasteiger charge is -2.11. The van der Waals surface area contributed by atoms with Gasteiger partial charge in [-0.15, -0.1) is 0 Å². The fraction of sp³-hybridized carbons (Fsp3) is 0.615. The van der Waals surface area contributed by atoms with Gasteiger partial charge in [0.2, 0.25) is 0 Å². The van der Waals surface area contributed by atoms with Gasteiger partial charge in [0.1, 0.15) is 6.26 Å². The van der Waals surface area contributed by atoms with E-state index in [1.165, 1.54) is 12.8 Å². The number of anilines is 1. The Balaban J connectivity index is 1.84. The van der Waals surface area contributed by atoms with Crippen LogP contribution in [0.5, 0.6) is 0 Å². The molecule has 0 aromatic carbocycles. The third-order valence-corrected chi connectivity index (χ3v) is 3.17. The highest BCUT2D eigenvalue weighted by molar-refractivity contribution is 5.47. The minimum Gasteiger partial charge on any atom is -0.448 e. The van der Waals surface area contributed by atoms with Crippen molar-refractivity contribution in [2.45, 2.75) is 39.0 Å². The first-order chi connectivity index (χ1) is 9.04. The number of oxazole rings is 1. The molecule has 0 amide bonds. The number of nitrogens with zero attached hydrogens (tertiary/aromatic N) is 4. The highest BCUT2D eigenvalue weighted by atomic mass is 16.5. The second kappa shape index (κ2) is 4.36. The lowest BCUT2D eigenvalue weighted by atomic mass is 9.97. The zero-order chi connectivity index (χ0) is 13.5. The van der Waals surface area contributed by atoms with Crippen molar-refractivity contribution in [3.63, 3.8) is 0 Å². The second-order valence-corrected chi connectivity index (χ2v) is 5.88. The first-order valence-corrected chi connectivity index (χ1v) is 6.59. The molecular formula is C13H18N4O2. The van der Waals surface area contributed by atoms with Crippen LogP contribution in [0.25, 0.3) is 11.6 Å². The molecule has 0 aliphatic carbocycles. The summed E-state index contributed by atoms with van der Waals surface area (Å²) in [7, 11) is 0. The molecule has 0 atom stereocenters. The van der Waals surface area contributed by atoms with Gasteiger partial charge in [0, 0.05) is 18.5 Å². The van der Waals surface area contributed by atoms with E-state index in [0.717, 1.165) is 13.1 Å². The molecule has 1 aliphatic heterocycles. The van der Waals surface area contributed by atoms with Crippen molar-refractivity contribution in [3.8, 4) is 11.6 Å². The molecule has 2 aromatic heterocycles. The molecule has 1 aliphatic rings. The maximum atomic E-state index is 5.47. The van der Waals surface area contributed by atoms with Crippen molar-refractivity contribution in [1.82, 2.24) is 15.1 Å². The molecule has 6 nitrogen and oxygen atoms in total. The zero-order valence-electron chi connectivity index (χ0n) is 11.5. The van der Waals surface area contributed by atoms with Gasteiger partial charge in [-0.1, -0.05) is 20.8 Å². The van der Waals surface area contributed by atoms with Crippen molar-refractivity contribution in [2.75, 3.05) is 18.0 Å². The van der Waals surface area contributed by atoms with Gasteiger partial charge in [-0.25, -0.2) is 4.98 Å². The van der Waals surface area contributed by atoms with E-state index in [1.807, 2.05) is 20.8 Å². The van der Waals surface area contributed by atoms with Gasteiger partial charge in [-0.3, -0.25) is 0 Å². The third-order valence-electron chi connectivity index (χ3n) is 3.17. The van der Waals surface area contributed by atoms with Gasteiger partial charge in [-0.05, 0) is 18.0 Å².